The maximum absolute atomic E-state index is 10.9. The van der Waals surface area contributed by atoms with Crippen molar-refractivity contribution in [2.45, 2.75) is 13.0 Å². The van der Waals surface area contributed by atoms with E-state index in [1.54, 1.807) is 0 Å². The molecule has 3 N–H and O–H groups in total. The zero-order valence-corrected chi connectivity index (χ0v) is 11.2. The van der Waals surface area contributed by atoms with E-state index >= 15 is 0 Å². The van der Waals surface area contributed by atoms with Crippen LogP contribution >= 0.6 is 27.3 Å². The first-order valence-electron chi connectivity index (χ1n) is 4.71. The van der Waals surface area contributed by atoms with Gasteiger partial charge in [0.05, 0.1) is 15.8 Å². The lowest BCUT2D eigenvalue weighted by molar-refractivity contribution is 0.0685. The SMILES string of the molecule is Cc1cc(C(O)c2[nH]cnc2C(=O)O)sc1Br. The van der Waals surface area contributed by atoms with E-state index in [1.165, 1.54) is 17.7 Å². The number of aryl methyl sites for hydroxylation is 1. The number of aromatic nitrogens is 2. The Kier molecular flexibility index (Phi) is 3.32. The number of aromatic carboxylic acids is 1. The van der Waals surface area contributed by atoms with E-state index in [1.807, 2.05) is 13.0 Å². The summed E-state index contributed by atoms with van der Waals surface area (Å²) in [5, 5.41) is 19.0. The van der Waals surface area contributed by atoms with E-state index in [9.17, 15) is 9.90 Å². The lowest BCUT2D eigenvalue weighted by Crippen LogP contribution is -2.07. The normalized spacial score (nSPS) is 12.6. The van der Waals surface area contributed by atoms with Crippen molar-refractivity contribution < 1.29 is 15.0 Å². The van der Waals surface area contributed by atoms with Crippen LogP contribution in [0.4, 0.5) is 0 Å². The fraction of sp³-hybridized carbons (Fsp3) is 0.200. The molecule has 0 saturated heterocycles. The van der Waals surface area contributed by atoms with Crippen LogP contribution in [0.25, 0.3) is 0 Å². The average molecular weight is 317 g/mol. The molecule has 1 unspecified atom stereocenters. The molecule has 0 spiro atoms. The van der Waals surface area contributed by atoms with Crippen LogP contribution in [0, 0.1) is 6.92 Å². The van der Waals surface area contributed by atoms with Crippen LogP contribution in [0.3, 0.4) is 0 Å². The molecule has 0 aromatic carbocycles. The molecule has 0 radical (unpaired) electrons. The molecule has 17 heavy (non-hydrogen) atoms. The van der Waals surface area contributed by atoms with Gasteiger partial charge in [-0.3, -0.25) is 0 Å². The van der Waals surface area contributed by atoms with Gasteiger partial charge < -0.3 is 15.2 Å². The highest BCUT2D eigenvalue weighted by molar-refractivity contribution is 9.11. The van der Waals surface area contributed by atoms with Crippen molar-refractivity contribution in [1.82, 2.24) is 9.97 Å². The Balaban J connectivity index is 2.40. The number of carbonyl (C=O) groups is 1. The van der Waals surface area contributed by atoms with Crippen molar-refractivity contribution in [2.75, 3.05) is 0 Å². The molecule has 2 aromatic rings. The van der Waals surface area contributed by atoms with E-state index < -0.39 is 12.1 Å². The van der Waals surface area contributed by atoms with Crippen LogP contribution in [-0.2, 0) is 0 Å². The molecule has 2 heterocycles. The van der Waals surface area contributed by atoms with Gasteiger partial charge in [0.2, 0.25) is 0 Å². The summed E-state index contributed by atoms with van der Waals surface area (Å²) in [6, 6.07) is 1.81. The summed E-state index contributed by atoms with van der Waals surface area (Å²) in [7, 11) is 0. The quantitative estimate of drug-likeness (QED) is 0.811. The molecular formula is C10H9BrN2O3S. The number of halogens is 1. The van der Waals surface area contributed by atoms with Crippen molar-refractivity contribution in [1.29, 1.82) is 0 Å². The number of aliphatic hydroxyl groups excluding tert-OH is 1. The Morgan fingerprint density at radius 2 is 2.35 bits per heavy atom. The van der Waals surface area contributed by atoms with Crippen molar-refractivity contribution in [3.05, 3.63) is 38.0 Å². The van der Waals surface area contributed by atoms with Gasteiger partial charge in [0.1, 0.15) is 6.10 Å². The molecule has 0 amide bonds. The summed E-state index contributed by atoms with van der Waals surface area (Å²) in [6.45, 7) is 1.90. The number of imidazole rings is 1. The van der Waals surface area contributed by atoms with Crippen LogP contribution in [0.5, 0.6) is 0 Å². The number of carboxylic acids is 1. The van der Waals surface area contributed by atoms with Crippen LogP contribution in [0.2, 0.25) is 0 Å². The van der Waals surface area contributed by atoms with Gasteiger partial charge in [-0.1, -0.05) is 0 Å². The number of thiophene rings is 1. The van der Waals surface area contributed by atoms with Crippen LogP contribution in [0.15, 0.2) is 16.2 Å². The summed E-state index contributed by atoms with van der Waals surface area (Å²) in [6.07, 6.45) is 0.260. The van der Waals surface area contributed by atoms with Crippen molar-refractivity contribution in [3.63, 3.8) is 0 Å². The van der Waals surface area contributed by atoms with E-state index in [0.29, 0.717) is 4.88 Å². The Morgan fingerprint density at radius 3 is 2.88 bits per heavy atom. The van der Waals surface area contributed by atoms with Crippen molar-refractivity contribution >= 4 is 33.2 Å². The van der Waals surface area contributed by atoms with Crippen LogP contribution in [-0.4, -0.2) is 26.2 Å². The fourth-order valence-electron chi connectivity index (χ4n) is 1.44. The Bertz CT molecular complexity index is 544. The van der Waals surface area contributed by atoms with E-state index in [-0.39, 0.29) is 11.4 Å². The van der Waals surface area contributed by atoms with Gasteiger partial charge in [-0.15, -0.1) is 11.3 Å². The average Bonchev–Trinajstić information content (AvgIpc) is 2.85. The number of aromatic amines is 1. The topological polar surface area (TPSA) is 86.2 Å². The second kappa shape index (κ2) is 4.59. The molecule has 1 atom stereocenters. The molecule has 2 rings (SSSR count). The van der Waals surface area contributed by atoms with E-state index in [2.05, 4.69) is 25.9 Å². The van der Waals surface area contributed by atoms with Gasteiger partial charge in [-0.05, 0) is 34.5 Å². The number of hydrogen-bond acceptors (Lipinski definition) is 4. The number of carboxylic acid groups (broad SMARTS) is 1. The predicted molar refractivity (Wildman–Crippen MR) is 66.4 cm³/mol. The first kappa shape index (κ1) is 12.3. The number of H-pyrrole nitrogens is 1. The lowest BCUT2D eigenvalue weighted by atomic mass is 10.1. The zero-order valence-electron chi connectivity index (χ0n) is 8.77. The molecule has 7 heteroatoms. The third-order valence-corrected chi connectivity index (χ3v) is 4.48. The highest BCUT2D eigenvalue weighted by atomic mass is 79.9. The molecular weight excluding hydrogens is 308 g/mol. The van der Waals surface area contributed by atoms with Gasteiger partial charge in [0.15, 0.2) is 5.69 Å². The van der Waals surface area contributed by atoms with Gasteiger partial charge in [-0.25, -0.2) is 9.78 Å². The lowest BCUT2D eigenvalue weighted by Gasteiger charge is -2.06. The third kappa shape index (κ3) is 2.26. The number of nitrogens with one attached hydrogen (secondary N) is 1. The Hall–Kier alpha value is -1.18. The molecule has 90 valence electrons. The summed E-state index contributed by atoms with van der Waals surface area (Å²) >= 11 is 4.73. The number of rotatable bonds is 3. The van der Waals surface area contributed by atoms with Gasteiger partial charge >= 0.3 is 5.97 Å². The summed E-state index contributed by atoms with van der Waals surface area (Å²) in [4.78, 5) is 17.9. The Morgan fingerprint density at radius 1 is 1.65 bits per heavy atom. The molecule has 5 nitrogen and oxygen atoms in total. The first-order valence-corrected chi connectivity index (χ1v) is 6.32. The molecule has 2 aromatic heterocycles. The van der Waals surface area contributed by atoms with Gasteiger partial charge in [0, 0.05) is 4.88 Å². The summed E-state index contributed by atoms with van der Waals surface area (Å²) in [5.41, 5.74) is 1.05. The second-order valence-corrected chi connectivity index (χ2v) is 5.88. The van der Waals surface area contributed by atoms with E-state index in [4.69, 9.17) is 5.11 Å². The van der Waals surface area contributed by atoms with Crippen LogP contribution in [0.1, 0.15) is 32.7 Å². The Labute approximate surface area is 109 Å². The highest BCUT2D eigenvalue weighted by Gasteiger charge is 2.23. The maximum atomic E-state index is 10.9. The second-order valence-electron chi connectivity index (χ2n) is 3.48. The minimum Gasteiger partial charge on any atom is -0.476 e. The number of aliphatic hydroxyl groups is 1. The first-order chi connectivity index (χ1) is 8.00. The van der Waals surface area contributed by atoms with Gasteiger partial charge in [0.25, 0.3) is 0 Å². The summed E-state index contributed by atoms with van der Waals surface area (Å²) in [5.74, 6) is -1.16. The molecule has 0 bridgehead atoms. The predicted octanol–water partition coefficient (Wildman–Crippen LogP) is 2.32. The molecule has 0 aliphatic heterocycles. The fourth-order valence-corrected chi connectivity index (χ4v) is 3.01. The standard InChI is InChI=1S/C10H9BrN2O3S/c1-4-2-5(17-9(4)11)8(14)6-7(10(15)16)13-3-12-6/h2-3,8,14H,1H3,(H,12,13)(H,15,16). The minimum atomic E-state index is -1.16. The van der Waals surface area contributed by atoms with Gasteiger partial charge in [-0.2, -0.15) is 0 Å². The monoisotopic (exact) mass is 316 g/mol. The van der Waals surface area contributed by atoms with Crippen LogP contribution < -0.4 is 0 Å². The largest absolute Gasteiger partial charge is 0.476 e. The highest BCUT2D eigenvalue weighted by Crippen LogP contribution is 2.34. The molecule has 0 saturated carbocycles. The van der Waals surface area contributed by atoms with E-state index in [0.717, 1.165) is 9.35 Å². The zero-order chi connectivity index (χ0) is 12.6. The molecule has 0 aliphatic carbocycles. The number of nitrogens with zero attached hydrogens (tertiary/aromatic N) is 1. The van der Waals surface area contributed by atoms with Crippen molar-refractivity contribution in [3.8, 4) is 0 Å². The summed E-state index contributed by atoms with van der Waals surface area (Å²) < 4.78 is 0.919. The minimum absolute atomic E-state index is 0.153. The van der Waals surface area contributed by atoms with Crippen molar-refractivity contribution in [2.24, 2.45) is 0 Å². The molecule has 0 aliphatic rings. The molecule has 0 fully saturated rings. The third-order valence-electron chi connectivity index (χ3n) is 2.29. The number of hydrogen-bond donors (Lipinski definition) is 3. The maximum Gasteiger partial charge on any atom is 0.356 e. The smallest absolute Gasteiger partial charge is 0.356 e.